The Morgan fingerprint density at radius 1 is 1.15 bits per heavy atom. The summed E-state index contributed by atoms with van der Waals surface area (Å²) in [5.41, 5.74) is 1.70. The molecule has 1 aromatic heterocycles. The minimum Gasteiger partial charge on any atom is -0.508 e. The number of rotatable bonds is 2. The number of hydrogen-bond acceptors (Lipinski definition) is 4. The van der Waals surface area contributed by atoms with Gasteiger partial charge in [-0.15, -0.1) is 0 Å². The molecule has 0 spiro atoms. The van der Waals surface area contributed by atoms with Crippen molar-refractivity contribution >= 4 is 17.4 Å². The van der Waals surface area contributed by atoms with Gasteiger partial charge in [0.25, 0.3) is 0 Å². The van der Waals surface area contributed by atoms with Crippen molar-refractivity contribution in [2.24, 2.45) is 0 Å². The van der Waals surface area contributed by atoms with Gasteiger partial charge in [0.15, 0.2) is 0 Å². The minimum absolute atomic E-state index is 0.204. The molecule has 1 aliphatic rings. The van der Waals surface area contributed by atoms with Gasteiger partial charge in [0, 0.05) is 48.5 Å². The predicted molar refractivity (Wildman–Crippen MR) is 81.4 cm³/mol. The van der Waals surface area contributed by atoms with Crippen LogP contribution in [-0.4, -0.2) is 36.3 Å². The summed E-state index contributed by atoms with van der Waals surface area (Å²) in [6, 6.07) is 8.92. The molecule has 104 valence electrons. The maximum absolute atomic E-state index is 9.56. The van der Waals surface area contributed by atoms with Gasteiger partial charge in [0.05, 0.1) is 0 Å². The van der Waals surface area contributed by atoms with E-state index >= 15 is 0 Å². The topological polar surface area (TPSA) is 48.4 Å². The van der Waals surface area contributed by atoms with E-state index in [0.717, 1.165) is 43.1 Å². The zero-order chi connectivity index (χ0) is 13.9. The van der Waals surface area contributed by atoms with Crippen LogP contribution in [0.15, 0.2) is 36.5 Å². The van der Waals surface area contributed by atoms with E-state index in [9.17, 15) is 5.11 Å². The summed E-state index contributed by atoms with van der Waals surface area (Å²) in [5, 5.41) is 13.5. The third-order valence-corrected chi connectivity index (χ3v) is 3.78. The Morgan fingerprint density at radius 3 is 2.65 bits per heavy atom. The Hall–Kier alpha value is -1.78. The quantitative estimate of drug-likeness (QED) is 0.892. The van der Waals surface area contributed by atoms with Crippen molar-refractivity contribution < 1.29 is 5.11 Å². The molecule has 4 nitrogen and oxygen atoms in total. The lowest BCUT2D eigenvalue weighted by molar-refractivity contribution is 0.475. The molecule has 0 bridgehead atoms. The normalized spacial score (nSPS) is 15.3. The molecule has 3 rings (SSSR count). The van der Waals surface area contributed by atoms with Crippen molar-refractivity contribution in [2.75, 3.05) is 31.1 Å². The Balaban J connectivity index is 1.87. The van der Waals surface area contributed by atoms with Crippen LogP contribution in [0.3, 0.4) is 0 Å². The number of benzene rings is 1. The van der Waals surface area contributed by atoms with Crippen molar-refractivity contribution in [2.45, 2.75) is 0 Å². The van der Waals surface area contributed by atoms with Gasteiger partial charge in [-0.2, -0.15) is 0 Å². The van der Waals surface area contributed by atoms with Crippen LogP contribution in [-0.2, 0) is 0 Å². The number of anilines is 1. The van der Waals surface area contributed by atoms with E-state index in [0.29, 0.717) is 5.02 Å². The summed E-state index contributed by atoms with van der Waals surface area (Å²) in [4.78, 5) is 6.76. The van der Waals surface area contributed by atoms with Gasteiger partial charge in [-0.25, -0.2) is 4.98 Å². The molecule has 1 aliphatic heterocycles. The standard InChI is InChI=1S/C15H16ClN3O/c16-14-3-2-12(20)9-13(14)11-1-4-15(18-10-11)19-7-5-17-6-8-19/h1-4,9-10,17,20H,5-8H2. The molecule has 1 saturated heterocycles. The number of nitrogens with zero attached hydrogens (tertiary/aromatic N) is 2. The van der Waals surface area contributed by atoms with Crippen molar-refractivity contribution in [1.29, 1.82) is 0 Å². The summed E-state index contributed by atoms with van der Waals surface area (Å²) in [6.07, 6.45) is 1.80. The maximum atomic E-state index is 9.56. The van der Waals surface area contributed by atoms with Crippen LogP contribution in [0.4, 0.5) is 5.82 Å². The van der Waals surface area contributed by atoms with Gasteiger partial charge < -0.3 is 15.3 Å². The highest BCUT2D eigenvalue weighted by Gasteiger charge is 2.12. The fraction of sp³-hybridized carbons (Fsp3) is 0.267. The van der Waals surface area contributed by atoms with Gasteiger partial charge in [0.1, 0.15) is 11.6 Å². The van der Waals surface area contributed by atoms with Crippen LogP contribution < -0.4 is 10.2 Å². The second-order valence-corrected chi connectivity index (χ2v) is 5.21. The van der Waals surface area contributed by atoms with E-state index in [1.165, 1.54) is 0 Å². The van der Waals surface area contributed by atoms with Gasteiger partial charge >= 0.3 is 0 Å². The molecule has 2 N–H and O–H groups in total. The van der Waals surface area contributed by atoms with Crippen LogP contribution in [0, 0.1) is 0 Å². The molecule has 0 atom stereocenters. The number of aromatic nitrogens is 1. The van der Waals surface area contributed by atoms with Crippen molar-refractivity contribution in [3.63, 3.8) is 0 Å². The third-order valence-electron chi connectivity index (χ3n) is 3.45. The number of aromatic hydroxyl groups is 1. The fourth-order valence-corrected chi connectivity index (χ4v) is 2.59. The van der Waals surface area contributed by atoms with Gasteiger partial charge in [-0.1, -0.05) is 11.6 Å². The molecule has 20 heavy (non-hydrogen) atoms. The van der Waals surface area contributed by atoms with E-state index < -0.39 is 0 Å². The predicted octanol–water partition coefficient (Wildman–Crippen LogP) is 2.52. The van der Waals surface area contributed by atoms with Gasteiger partial charge in [-0.3, -0.25) is 0 Å². The molecule has 5 heteroatoms. The highest BCUT2D eigenvalue weighted by atomic mass is 35.5. The van der Waals surface area contributed by atoms with Crippen molar-refractivity contribution in [3.8, 4) is 16.9 Å². The molecule has 2 heterocycles. The smallest absolute Gasteiger partial charge is 0.128 e. The number of piperazine rings is 1. The van der Waals surface area contributed by atoms with E-state index in [1.54, 1.807) is 24.4 Å². The Labute approximate surface area is 123 Å². The Kier molecular flexibility index (Phi) is 3.76. The van der Waals surface area contributed by atoms with Crippen LogP contribution in [0.5, 0.6) is 5.75 Å². The lowest BCUT2D eigenvalue weighted by atomic mass is 10.1. The maximum Gasteiger partial charge on any atom is 0.128 e. The average Bonchev–Trinajstić information content (AvgIpc) is 2.51. The van der Waals surface area contributed by atoms with Crippen LogP contribution >= 0.6 is 11.6 Å². The van der Waals surface area contributed by atoms with E-state index in [1.807, 2.05) is 12.1 Å². The molecule has 0 unspecified atom stereocenters. The molecule has 2 aromatic rings. The van der Waals surface area contributed by atoms with E-state index in [4.69, 9.17) is 11.6 Å². The number of phenols is 1. The number of halogens is 1. The summed E-state index contributed by atoms with van der Waals surface area (Å²) < 4.78 is 0. The third kappa shape index (κ3) is 2.71. The summed E-state index contributed by atoms with van der Waals surface area (Å²) >= 11 is 6.16. The monoisotopic (exact) mass is 289 g/mol. The molecular weight excluding hydrogens is 274 g/mol. The molecule has 1 fully saturated rings. The lowest BCUT2D eigenvalue weighted by Crippen LogP contribution is -2.43. The van der Waals surface area contributed by atoms with Crippen LogP contribution in [0.2, 0.25) is 5.02 Å². The van der Waals surface area contributed by atoms with Crippen molar-refractivity contribution in [1.82, 2.24) is 10.3 Å². The molecule has 1 aromatic carbocycles. The zero-order valence-electron chi connectivity index (χ0n) is 11.0. The summed E-state index contributed by atoms with van der Waals surface area (Å²) in [5.74, 6) is 1.18. The number of hydrogen-bond donors (Lipinski definition) is 2. The fourth-order valence-electron chi connectivity index (χ4n) is 2.36. The molecule has 0 saturated carbocycles. The number of phenolic OH excluding ortho intramolecular Hbond substituents is 1. The first-order valence-corrected chi connectivity index (χ1v) is 7.02. The van der Waals surface area contributed by atoms with Crippen LogP contribution in [0.25, 0.3) is 11.1 Å². The van der Waals surface area contributed by atoms with E-state index in [-0.39, 0.29) is 5.75 Å². The Morgan fingerprint density at radius 2 is 1.95 bits per heavy atom. The number of nitrogens with one attached hydrogen (secondary N) is 1. The van der Waals surface area contributed by atoms with Gasteiger partial charge in [0.2, 0.25) is 0 Å². The highest BCUT2D eigenvalue weighted by Crippen LogP contribution is 2.31. The zero-order valence-corrected chi connectivity index (χ0v) is 11.8. The SMILES string of the molecule is Oc1ccc(Cl)c(-c2ccc(N3CCNCC3)nc2)c1. The second-order valence-electron chi connectivity index (χ2n) is 4.81. The lowest BCUT2D eigenvalue weighted by Gasteiger charge is -2.28. The first-order valence-electron chi connectivity index (χ1n) is 6.64. The Bertz CT molecular complexity index is 595. The van der Waals surface area contributed by atoms with Crippen molar-refractivity contribution in [3.05, 3.63) is 41.6 Å². The highest BCUT2D eigenvalue weighted by molar-refractivity contribution is 6.33. The first kappa shape index (κ1) is 13.2. The van der Waals surface area contributed by atoms with Crippen LogP contribution in [0.1, 0.15) is 0 Å². The first-order chi connectivity index (χ1) is 9.74. The average molecular weight is 290 g/mol. The number of pyridine rings is 1. The molecular formula is C15H16ClN3O. The summed E-state index contributed by atoms with van der Waals surface area (Å²) in [6.45, 7) is 3.92. The molecule has 0 radical (unpaired) electrons. The van der Waals surface area contributed by atoms with Gasteiger partial charge in [-0.05, 0) is 30.3 Å². The van der Waals surface area contributed by atoms with E-state index in [2.05, 4.69) is 15.2 Å². The summed E-state index contributed by atoms with van der Waals surface area (Å²) in [7, 11) is 0. The second kappa shape index (κ2) is 5.69. The minimum atomic E-state index is 0.204. The molecule has 0 amide bonds. The largest absolute Gasteiger partial charge is 0.508 e. The molecule has 0 aliphatic carbocycles.